The Bertz CT molecular complexity index is 526. The molecule has 0 unspecified atom stereocenters. The molecular weight excluding hydrogens is 224 g/mol. The first-order chi connectivity index (χ1) is 8.31. The zero-order valence-corrected chi connectivity index (χ0v) is 11.4. The van der Waals surface area contributed by atoms with E-state index < -0.39 is 11.7 Å². The summed E-state index contributed by atoms with van der Waals surface area (Å²) < 4.78 is 6.03. The molecule has 1 fully saturated rings. The molecule has 3 rings (SSSR count). The van der Waals surface area contributed by atoms with Crippen LogP contribution in [0, 0.1) is 5.41 Å². The molecule has 1 saturated heterocycles. The molecule has 0 spiro atoms. The minimum Gasteiger partial charge on any atom is -0.389 e. The highest BCUT2D eigenvalue weighted by Crippen LogP contribution is 2.63. The van der Waals surface area contributed by atoms with Gasteiger partial charge in [-0.05, 0) is 29.5 Å². The largest absolute Gasteiger partial charge is 0.389 e. The quantitative estimate of drug-likeness (QED) is 0.770. The van der Waals surface area contributed by atoms with Crippen molar-refractivity contribution in [2.75, 3.05) is 0 Å². The average Bonchev–Trinajstić information content (AvgIpc) is 2.95. The Hall–Kier alpha value is -1.12. The molecule has 2 nitrogen and oxygen atoms in total. The molecule has 96 valence electrons. The smallest absolute Gasteiger partial charge is 0.147 e. The van der Waals surface area contributed by atoms with Crippen LogP contribution in [0.15, 0.2) is 30.3 Å². The summed E-state index contributed by atoms with van der Waals surface area (Å²) in [6.45, 7) is 8.21. The lowest BCUT2D eigenvalue weighted by Crippen LogP contribution is -2.43. The Morgan fingerprint density at radius 1 is 1.22 bits per heavy atom. The van der Waals surface area contributed by atoms with Gasteiger partial charge in [0.1, 0.15) is 11.2 Å². The summed E-state index contributed by atoms with van der Waals surface area (Å²) in [5.41, 5.74) is 1.23. The van der Waals surface area contributed by atoms with E-state index in [4.69, 9.17) is 4.74 Å². The first-order valence-electron chi connectivity index (χ1n) is 6.48. The maximum atomic E-state index is 10.6. The van der Waals surface area contributed by atoms with E-state index in [0.29, 0.717) is 0 Å². The van der Waals surface area contributed by atoms with Crippen LogP contribution in [0.2, 0.25) is 0 Å². The number of fused-ring (bicyclic) bond motifs is 3. The molecule has 0 radical (unpaired) electrons. The lowest BCUT2D eigenvalue weighted by molar-refractivity contribution is 0.0110. The molecular formula is C16H20O2. The Morgan fingerprint density at radius 2 is 1.89 bits per heavy atom. The van der Waals surface area contributed by atoms with Gasteiger partial charge in [-0.25, -0.2) is 0 Å². The van der Waals surface area contributed by atoms with Crippen molar-refractivity contribution in [2.45, 2.75) is 45.0 Å². The van der Waals surface area contributed by atoms with E-state index in [0.717, 1.165) is 0 Å². The van der Waals surface area contributed by atoms with Gasteiger partial charge in [-0.2, -0.15) is 0 Å². The molecule has 2 aliphatic rings. The van der Waals surface area contributed by atoms with Crippen LogP contribution in [0.1, 0.15) is 38.8 Å². The maximum absolute atomic E-state index is 10.6. The van der Waals surface area contributed by atoms with E-state index >= 15 is 0 Å². The molecule has 1 aliphatic heterocycles. The number of hydrogen-bond acceptors (Lipinski definition) is 2. The summed E-state index contributed by atoms with van der Waals surface area (Å²) in [7, 11) is 0. The molecule has 1 N–H and O–H groups in total. The molecule has 0 amide bonds. The second-order valence-electron chi connectivity index (χ2n) is 6.62. The number of epoxide rings is 1. The number of aliphatic hydroxyl groups is 1. The normalized spacial score (nSPS) is 34.7. The molecule has 18 heavy (non-hydrogen) atoms. The van der Waals surface area contributed by atoms with Crippen molar-refractivity contribution in [2.24, 2.45) is 5.41 Å². The monoisotopic (exact) mass is 244 g/mol. The summed E-state index contributed by atoms with van der Waals surface area (Å²) >= 11 is 0. The van der Waals surface area contributed by atoms with Gasteiger partial charge in [0.25, 0.3) is 0 Å². The van der Waals surface area contributed by atoms with Crippen molar-refractivity contribution in [1.82, 2.24) is 0 Å². The van der Waals surface area contributed by atoms with Gasteiger partial charge in [0.05, 0.1) is 6.10 Å². The van der Waals surface area contributed by atoms with Crippen molar-refractivity contribution in [3.05, 3.63) is 41.5 Å². The first kappa shape index (κ1) is 11.9. The lowest BCUT2D eigenvalue weighted by atomic mass is 9.71. The Balaban J connectivity index is 2.08. The summed E-state index contributed by atoms with van der Waals surface area (Å²) in [4.78, 5) is 0. The van der Waals surface area contributed by atoms with Gasteiger partial charge < -0.3 is 9.84 Å². The number of benzene rings is 1. The van der Waals surface area contributed by atoms with E-state index in [-0.39, 0.29) is 11.0 Å². The number of rotatable bonds is 1. The highest BCUT2D eigenvalue weighted by Gasteiger charge is 2.72. The van der Waals surface area contributed by atoms with Crippen molar-refractivity contribution in [3.8, 4) is 0 Å². The highest BCUT2D eigenvalue weighted by molar-refractivity contribution is 5.65. The summed E-state index contributed by atoms with van der Waals surface area (Å²) in [6, 6.07) is 8.24. The summed E-state index contributed by atoms with van der Waals surface area (Å²) in [5.74, 6) is 0. The van der Waals surface area contributed by atoms with Crippen molar-refractivity contribution in [3.63, 3.8) is 0 Å². The Kier molecular flexibility index (Phi) is 2.16. The van der Waals surface area contributed by atoms with Crippen molar-refractivity contribution >= 4 is 6.08 Å². The SMILES string of the molecule is CC(C)(C)[C@@H](O)[C@]12C=Cc3ccccc3[C@@]1(C)O2. The van der Waals surface area contributed by atoms with Gasteiger partial charge in [-0.15, -0.1) is 0 Å². The molecule has 1 aromatic rings. The number of aliphatic hydroxyl groups excluding tert-OH is 1. The number of ether oxygens (including phenoxy) is 1. The third kappa shape index (κ3) is 1.30. The standard InChI is InChI=1S/C16H20O2/c1-14(2,3)13(17)16-10-9-11-7-5-6-8-12(11)15(16,4)18-16/h5-10,13,17H,1-4H3/t13-,15-,16-/m1/s1. The fourth-order valence-electron chi connectivity index (χ4n) is 3.11. The van der Waals surface area contributed by atoms with Gasteiger partial charge in [0.2, 0.25) is 0 Å². The predicted molar refractivity (Wildman–Crippen MR) is 72.1 cm³/mol. The first-order valence-corrected chi connectivity index (χ1v) is 6.48. The summed E-state index contributed by atoms with van der Waals surface area (Å²) in [5, 5.41) is 10.6. The van der Waals surface area contributed by atoms with Crippen molar-refractivity contribution < 1.29 is 9.84 Å². The van der Waals surface area contributed by atoms with Crippen LogP contribution in [0.25, 0.3) is 6.08 Å². The van der Waals surface area contributed by atoms with Crippen LogP contribution in [0.3, 0.4) is 0 Å². The zero-order valence-electron chi connectivity index (χ0n) is 11.4. The fourth-order valence-corrected chi connectivity index (χ4v) is 3.11. The maximum Gasteiger partial charge on any atom is 0.147 e. The third-order valence-electron chi connectivity index (χ3n) is 4.29. The highest BCUT2D eigenvalue weighted by atomic mass is 16.6. The minimum atomic E-state index is -0.556. The average molecular weight is 244 g/mol. The molecule has 0 bridgehead atoms. The van der Waals surface area contributed by atoms with E-state index in [9.17, 15) is 5.11 Å². The van der Waals surface area contributed by atoms with Crippen LogP contribution >= 0.6 is 0 Å². The second kappa shape index (κ2) is 3.25. The Labute approximate surface area is 108 Å². The molecule has 1 aromatic carbocycles. The van der Waals surface area contributed by atoms with Crippen LogP contribution < -0.4 is 0 Å². The van der Waals surface area contributed by atoms with Gasteiger partial charge in [-0.1, -0.05) is 51.1 Å². The molecule has 2 heteroatoms. The van der Waals surface area contributed by atoms with E-state index in [2.05, 4.69) is 25.1 Å². The predicted octanol–water partition coefficient (Wildman–Crippen LogP) is 3.10. The van der Waals surface area contributed by atoms with Crippen molar-refractivity contribution in [1.29, 1.82) is 0 Å². The van der Waals surface area contributed by atoms with Crippen LogP contribution in [0.4, 0.5) is 0 Å². The van der Waals surface area contributed by atoms with Gasteiger partial charge in [-0.3, -0.25) is 0 Å². The van der Waals surface area contributed by atoms with E-state index in [1.807, 2.05) is 39.0 Å². The fraction of sp³-hybridized carbons (Fsp3) is 0.500. The Morgan fingerprint density at radius 3 is 2.56 bits per heavy atom. The van der Waals surface area contributed by atoms with Gasteiger partial charge in [0, 0.05) is 0 Å². The number of hydrogen-bond donors (Lipinski definition) is 1. The second-order valence-corrected chi connectivity index (χ2v) is 6.62. The zero-order chi connectivity index (χ0) is 13.2. The molecule has 1 heterocycles. The lowest BCUT2D eigenvalue weighted by Gasteiger charge is -2.33. The molecule has 3 atom stereocenters. The topological polar surface area (TPSA) is 32.8 Å². The molecule has 1 aliphatic carbocycles. The van der Waals surface area contributed by atoms with Crippen LogP contribution in [-0.2, 0) is 10.3 Å². The van der Waals surface area contributed by atoms with Gasteiger partial charge >= 0.3 is 0 Å². The summed E-state index contributed by atoms with van der Waals surface area (Å²) in [6.07, 6.45) is 3.59. The third-order valence-corrected chi connectivity index (χ3v) is 4.29. The molecule has 0 saturated carbocycles. The van der Waals surface area contributed by atoms with E-state index in [1.54, 1.807) is 0 Å². The minimum absolute atomic E-state index is 0.200. The van der Waals surface area contributed by atoms with Crippen LogP contribution in [0.5, 0.6) is 0 Å². The van der Waals surface area contributed by atoms with E-state index in [1.165, 1.54) is 11.1 Å². The van der Waals surface area contributed by atoms with Crippen LogP contribution in [-0.4, -0.2) is 16.8 Å². The molecule has 0 aromatic heterocycles. The van der Waals surface area contributed by atoms with Gasteiger partial charge in [0.15, 0.2) is 0 Å².